The van der Waals surface area contributed by atoms with Crippen molar-refractivity contribution in [2.24, 2.45) is 4.99 Å². The highest BCUT2D eigenvalue weighted by Gasteiger charge is 2.07. The zero-order chi connectivity index (χ0) is 7.40. The average Bonchev–Trinajstić information content (AvgIpc) is 1.94. The van der Waals surface area contributed by atoms with Crippen molar-refractivity contribution in [1.29, 1.82) is 0 Å². The van der Waals surface area contributed by atoms with Crippen LogP contribution in [0.1, 0.15) is 6.42 Å². The Morgan fingerprint density at radius 1 is 1.70 bits per heavy atom. The fourth-order valence-corrected chi connectivity index (χ4v) is 0.717. The van der Waals surface area contributed by atoms with E-state index in [2.05, 4.69) is 11.9 Å². The highest BCUT2D eigenvalue weighted by molar-refractivity contribution is 6.45. The molecule has 1 aliphatic rings. The molecule has 0 N–H and O–H groups in total. The normalized spacial score (nSPS) is 18.1. The lowest BCUT2D eigenvalue weighted by atomic mass is 10.1. The van der Waals surface area contributed by atoms with Gasteiger partial charge in [0.2, 0.25) is 0 Å². The van der Waals surface area contributed by atoms with Gasteiger partial charge >= 0.3 is 0 Å². The molecular weight excluding hydrogens is 126 g/mol. The van der Waals surface area contributed by atoms with Crippen LogP contribution in [0.2, 0.25) is 0 Å². The lowest BCUT2D eigenvalue weighted by Crippen LogP contribution is -2.11. The topological polar surface area (TPSA) is 29.4 Å². The van der Waals surface area contributed by atoms with Gasteiger partial charge in [-0.05, 0) is 13.0 Å². The number of Topliss-reactive ketones (excluding diaryl/α,β-unsaturated/α-hetero) is 1. The Morgan fingerprint density at radius 3 is 3.10 bits per heavy atom. The van der Waals surface area contributed by atoms with Crippen LogP contribution in [-0.2, 0) is 4.79 Å². The second-order valence-corrected chi connectivity index (χ2v) is 1.93. The van der Waals surface area contributed by atoms with Crippen LogP contribution in [0, 0.1) is 6.92 Å². The summed E-state index contributed by atoms with van der Waals surface area (Å²) in [5.74, 6) is 0.0578. The molecule has 0 aromatic rings. The monoisotopic (exact) mass is 134 g/mol. The summed E-state index contributed by atoms with van der Waals surface area (Å²) >= 11 is 0. The van der Waals surface area contributed by atoms with Gasteiger partial charge in [0, 0.05) is 12.6 Å². The molecule has 2 heteroatoms. The number of hydrogen-bond donors (Lipinski definition) is 0. The highest BCUT2D eigenvalue weighted by atomic mass is 16.1. The average molecular weight is 134 g/mol. The fourth-order valence-electron chi connectivity index (χ4n) is 0.717. The summed E-state index contributed by atoms with van der Waals surface area (Å²) in [7, 11) is 0. The third-order valence-corrected chi connectivity index (χ3v) is 1.18. The Bertz CT molecular complexity index is 223. The Kier molecular flexibility index (Phi) is 2.15. The zero-order valence-electron chi connectivity index (χ0n) is 5.58. The van der Waals surface area contributed by atoms with E-state index in [0.717, 1.165) is 0 Å². The quantitative estimate of drug-likeness (QED) is 0.531. The molecule has 1 radical (unpaired) electrons. The number of rotatable bonds is 1. The first-order chi connectivity index (χ1) is 4.84. The van der Waals surface area contributed by atoms with Gasteiger partial charge in [-0.1, -0.05) is 12.2 Å². The largest absolute Gasteiger partial charge is 0.292 e. The number of allylic oxidation sites excluding steroid dienone is 3. The van der Waals surface area contributed by atoms with Crippen molar-refractivity contribution >= 4 is 11.5 Å². The van der Waals surface area contributed by atoms with Crippen LogP contribution in [-0.4, -0.2) is 11.5 Å². The van der Waals surface area contributed by atoms with Gasteiger partial charge in [0.15, 0.2) is 5.78 Å². The number of ketones is 1. The molecule has 1 aliphatic heterocycles. The smallest absolute Gasteiger partial charge is 0.184 e. The van der Waals surface area contributed by atoms with E-state index in [1.54, 1.807) is 24.4 Å². The van der Waals surface area contributed by atoms with E-state index < -0.39 is 0 Å². The second kappa shape index (κ2) is 3.11. The van der Waals surface area contributed by atoms with Gasteiger partial charge in [-0.25, -0.2) is 0 Å². The van der Waals surface area contributed by atoms with Crippen LogP contribution in [0.4, 0.5) is 0 Å². The summed E-state index contributed by atoms with van der Waals surface area (Å²) in [6.45, 7) is 3.48. The van der Waals surface area contributed by atoms with E-state index in [9.17, 15) is 4.79 Å². The Balaban J connectivity index is 2.80. The van der Waals surface area contributed by atoms with Crippen LogP contribution in [0.15, 0.2) is 29.4 Å². The molecular formula is C8H8NO. The summed E-state index contributed by atoms with van der Waals surface area (Å²) in [4.78, 5) is 14.8. The first kappa shape index (κ1) is 6.93. The molecule has 1 rings (SSSR count). The van der Waals surface area contributed by atoms with Crippen molar-refractivity contribution in [3.8, 4) is 0 Å². The standard InChI is InChI=1S/C8H8NO/c1-2-4-7-8(10)5-3-6-9-7/h2-4,6H,1,5H2. The molecule has 0 aromatic carbocycles. The predicted octanol–water partition coefficient (Wildman–Crippen LogP) is 1.30. The van der Waals surface area contributed by atoms with E-state index in [1.165, 1.54) is 0 Å². The molecule has 0 aliphatic carbocycles. The Labute approximate surface area is 60.0 Å². The Morgan fingerprint density at radius 2 is 2.50 bits per heavy atom. The molecule has 10 heavy (non-hydrogen) atoms. The zero-order valence-corrected chi connectivity index (χ0v) is 5.58. The SMILES string of the molecule is [CH2]C=CC1=NC=CCC1=O. The third kappa shape index (κ3) is 1.41. The summed E-state index contributed by atoms with van der Waals surface area (Å²) < 4.78 is 0. The summed E-state index contributed by atoms with van der Waals surface area (Å²) in [6.07, 6.45) is 7.02. The van der Waals surface area contributed by atoms with E-state index in [4.69, 9.17) is 0 Å². The first-order valence-corrected chi connectivity index (χ1v) is 3.06. The van der Waals surface area contributed by atoms with Crippen molar-refractivity contribution in [3.05, 3.63) is 31.4 Å². The van der Waals surface area contributed by atoms with Gasteiger partial charge in [-0.2, -0.15) is 0 Å². The molecule has 2 nitrogen and oxygen atoms in total. The lowest BCUT2D eigenvalue weighted by molar-refractivity contribution is -0.112. The van der Waals surface area contributed by atoms with E-state index in [-0.39, 0.29) is 5.78 Å². The summed E-state index contributed by atoms with van der Waals surface area (Å²) in [5, 5.41) is 0. The molecule has 51 valence electrons. The van der Waals surface area contributed by atoms with Crippen LogP contribution in [0.5, 0.6) is 0 Å². The molecule has 0 saturated heterocycles. The highest BCUT2D eigenvalue weighted by Crippen LogP contribution is 1.99. The number of carbonyl (C=O) groups is 1. The van der Waals surface area contributed by atoms with Crippen molar-refractivity contribution in [3.63, 3.8) is 0 Å². The molecule has 0 unspecified atom stereocenters. The maximum atomic E-state index is 10.9. The number of nitrogens with zero attached hydrogens (tertiary/aromatic N) is 1. The summed E-state index contributed by atoms with van der Waals surface area (Å²) in [6, 6.07) is 0. The molecule has 0 spiro atoms. The summed E-state index contributed by atoms with van der Waals surface area (Å²) in [5.41, 5.74) is 0.498. The van der Waals surface area contributed by atoms with Gasteiger partial charge in [-0.15, -0.1) is 0 Å². The Hall–Kier alpha value is -1.18. The minimum Gasteiger partial charge on any atom is -0.292 e. The number of aliphatic imine (C=N–C) groups is 1. The van der Waals surface area contributed by atoms with Crippen molar-refractivity contribution in [1.82, 2.24) is 0 Å². The van der Waals surface area contributed by atoms with E-state index in [0.29, 0.717) is 12.1 Å². The maximum absolute atomic E-state index is 10.9. The molecule has 0 bridgehead atoms. The van der Waals surface area contributed by atoms with Crippen LogP contribution < -0.4 is 0 Å². The van der Waals surface area contributed by atoms with E-state index >= 15 is 0 Å². The molecule has 0 aromatic heterocycles. The van der Waals surface area contributed by atoms with Crippen LogP contribution in [0.3, 0.4) is 0 Å². The van der Waals surface area contributed by atoms with Gasteiger partial charge in [-0.3, -0.25) is 9.79 Å². The van der Waals surface area contributed by atoms with Gasteiger partial charge < -0.3 is 0 Å². The van der Waals surface area contributed by atoms with Crippen molar-refractivity contribution in [2.45, 2.75) is 6.42 Å². The van der Waals surface area contributed by atoms with Gasteiger partial charge in [0.25, 0.3) is 0 Å². The number of hydrogen-bond acceptors (Lipinski definition) is 2. The minimum absolute atomic E-state index is 0.0578. The van der Waals surface area contributed by atoms with Gasteiger partial charge in [0.1, 0.15) is 5.71 Å². The second-order valence-electron chi connectivity index (χ2n) is 1.93. The maximum Gasteiger partial charge on any atom is 0.184 e. The van der Waals surface area contributed by atoms with Crippen LogP contribution in [0.25, 0.3) is 0 Å². The van der Waals surface area contributed by atoms with E-state index in [1.807, 2.05) is 0 Å². The van der Waals surface area contributed by atoms with Crippen molar-refractivity contribution in [2.75, 3.05) is 0 Å². The number of carbonyl (C=O) groups excluding carboxylic acids is 1. The lowest BCUT2D eigenvalue weighted by Gasteiger charge is -1.99. The minimum atomic E-state index is 0.0578. The molecule has 0 amide bonds. The fraction of sp³-hybridized carbons (Fsp3) is 0.125. The molecule has 1 heterocycles. The van der Waals surface area contributed by atoms with Crippen molar-refractivity contribution < 1.29 is 4.79 Å². The molecule has 0 fully saturated rings. The van der Waals surface area contributed by atoms with Crippen LogP contribution >= 0.6 is 0 Å². The molecule has 0 atom stereocenters. The predicted molar refractivity (Wildman–Crippen MR) is 40.7 cm³/mol. The third-order valence-electron chi connectivity index (χ3n) is 1.18. The van der Waals surface area contributed by atoms with Gasteiger partial charge in [0.05, 0.1) is 0 Å². The molecule has 0 saturated carbocycles. The first-order valence-electron chi connectivity index (χ1n) is 3.06.